The van der Waals surface area contributed by atoms with Crippen molar-refractivity contribution in [3.63, 3.8) is 0 Å². The van der Waals surface area contributed by atoms with Crippen molar-refractivity contribution in [1.29, 1.82) is 0 Å². The van der Waals surface area contributed by atoms with Crippen LogP contribution in [0, 0.1) is 5.21 Å². The van der Waals surface area contributed by atoms with E-state index < -0.39 is 0 Å². The van der Waals surface area contributed by atoms with E-state index in [2.05, 4.69) is 4.98 Å². The van der Waals surface area contributed by atoms with E-state index in [0.717, 1.165) is 20.3 Å². The fraction of sp³-hybridized carbons (Fsp3) is 0. The van der Waals surface area contributed by atoms with Gasteiger partial charge in [0.15, 0.2) is 6.20 Å². The molecule has 0 fully saturated rings. The van der Waals surface area contributed by atoms with Crippen LogP contribution < -0.4 is 4.73 Å². The van der Waals surface area contributed by atoms with Gasteiger partial charge in [-0.1, -0.05) is 0 Å². The molecule has 0 radical (unpaired) electrons. The van der Waals surface area contributed by atoms with Crippen molar-refractivity contribution >= 4 is 32.5 Å². The van der Waals surface area contributed by atoms with Crippen LogP contribution in [0.5, 0.6) is 0 Å². The second-order valence-corrected chi connectivity index (χ2v) is 3.95. The molecule has 0 saturated carbocycles. The maximum Gasteiger partial charge on any atom is 0.260 e. The van der Waals surface area contributed by atoms with E-state index in [9.17, 15) is 5.21 Å². The van der Waals surface area contributed by atoms with E-state index in [1.807, 2.05) is 17.5 Å². The summed E-state index contributed by atoms with van der Waals surface area (Å²) in [5, 5.41) is 14.6. The molecule has 0 spiro atoms. The van der Waals surface area contributed by atoms with E-state index in [0.29, 0.717) is 5.52 Å². The van der Waals surface area contributed by atoms with Gasteiger partial charge < -0.3 is 5.21 Å². The lowest BCUT2D eigenvalue weighted by Gasteiger charge is -2.00. The summed E-state index contributed by atoms with van der Waals surface area (Å²) in [6.07, 6.45) is 3.30. The Bertz CT molecular complexity index is 618. The normalized spacial score (nSPS) is 11.1. The first-order chi connectivity index (χ1) is 6.86. The van der Waals surface area contributed by atoms with Crippen LogP contribution in [-0.2, 0) is 0 Å². The van der Waals surface area contributed by atoms with Gasteiger partial charge in [-0.05, 0) is 17.5 Å². The van der Waals surface area contributed by atoms with Crippen LogP contribution in [0.25, 0.3) is 21.1 Å². The van der Waals surface area contributed by atoms with Crippen LogP contribution >= 0.6 is 11.3 Å². The summed E-state index contributed by atoms with van der Waals surface area (Å²) in [7, 11) is 0. The highest BCUT2D eigenvalue weighted by atomic mass is 32.1. The van der Waals surface area contributed by atoms with Crippen molar-refractivity contribution in [3.8, 4) is 0 Å². The molecule has 3 heterocycles. The Morgan fingerprint density at radius 1 is 1.36 bits per heavy atom. The molecule has 0 bridgehead atoms. The number of fused-ring (bicyclic) bond motifs is 3. The third-order valence-electron chi connectivity index (χ3n) is 2.19. The molecule has 3 rings (SSSR count). The second kappa shape index (κ2) is 2.65. The molecule has 68 valence electrons. The van der Waals surface area contributed by atoms with E-state index in [-0.39, 0.29) is 0 Å². The number of hydrogen-bond acceptors (Lipinski definition) is 3. The zero-order valence-electron chi connectivity index (χ0n) is 7.18. The molecule has 0 amide bonds. The molecule has 0 N–H and O–H groups in total. The smallest absolute Gasteiger partial charge is 0.260 e. The average Bonchev–Trinajstić information content (AvgIpc) is 2.65. The highest BCUT2D eigenvalue weighted by molar-refractivity contribution is 7.18. The van der Waals surface area contributed by atoms with Gasteiger partial charge in [0.2, 0.25) is 0 Å². The zero-order chi connectivity index (χ0) is 9.54. The van der Waals surface area contributed by atoms with Crippen molar-refractivity contribution in [2.45, 2.75) is 0 Å². The van der Waals surface area contributed by atoms with Gasteiger partial charge in [0.1, 0.15) is 10.2 Å². The van der Waals surface area contributed by atoms with Crippen LogP contribution in [0.3, 0.4) is 0 Å². The summed E-state index contributed by atoms with van der Waals surface area (Å²) in [5.74, 6) is 0. The SMILES string of the molecule is [O-][n+]1cccc2ncc3ccsc3c21. The molecular weight excluding hydrogens is 196 g/mol. The largest absolute Gasteiger partial charge is 0.618 e. The van der Waals surface area contributed by atoms with E-state index in [1.165, 1.54) is 6.20 Å². The van der Waals surface area contributed by atoms with Crippen molar-refractivity contribution < 1.29 is 4.73 Å². The summed E-state index contributed by atoms with van der Waals surface area (Å²) < 4.78 is 1.88. The van der Waals surface area contributed by atoms with Gasteiger partial charge >= 0.3 is 0 Å². The summed E-state index contributed by atoms with van der Waals surface area (Å²) in [4.78, 5) is 4.23. The maximum absolute atomic E-state index is 11.6. The van der Waals surface area contributed by atoms with Crippen LogP contribution in [0.2, 0.25) is 0 Å². The Morgan fingerprint density at radius 3 is 3.21 bits per heavy atom. The highest BCUT2D eigenvalue weighted by Crippen LogP contribution is 2.25. The average molecular weight is 202 g/mol. The molecular formula is C10H6N2OS. The third kappa shape index (κ3) is 0.914. The molecule has 0 aliphatic heterocycles. The Morgan fingerprint density at radius 2 is 2.29 bits per heavy atom. The van der Waals surface area contributed by atoms with Gasteiger partial charge in [-0.25, -0.2) is 4.98 Å². The molecule has 3 aromatic heterocycles. The number of nitrogens with zero attached hydrogens (tertiary/aromatic N) is 2. The first kappa shape index (κ1) is 7.70. The van der Waals surface area contributed by atoms with Crippen LogP contribution in [-0.4, -0.2) is 4.98 Å². The molecule has 4 heteroatoms. The zero-order valence-corrected chi connectivity index (χ0v) is 7.99. The van der Waals surface area contributed by atoms with Crippen LogP contribution in [0.15, 0.2) is 36.0 Å². The fourth-order valence-corrected chi connectivity index (χ4v) is 2.47. The number of thiophene rings is 1. The fourth-order valence-electron chi connectivity index (χ4n) is 1.55. The van der Waals surface area contributed by atoms with Crippen molar-refractivity contribution in [2.24, 2.45) is 0 Å². The Balaban J connectivity index is 2.67. The minimum Gasteiger partial charge on any atom is -0.618 e. The first-order valence-electron chi connectivity index (χ1n) is 4.20. The topological polar surface area (TPSA) is 39.8 Å². The van der Waals surface area contributed by atoms with Crippen molar-refractivity contribution in [2.75, 3.05) is 0 Å². The first-order valence-corrected chi connectivity index (χ1v) is 5.08. The molecule has 3 aromatic rings. The second-order valence-electron chi connectivity index (χ2n) is 3.03. The van der Waals surface area contributed by atoms with Crippen LogP contribution in [0.4, 0.5) is 0 Å². The monoisotopic (exact) mass is 202 g/mol. The van der Waals surface area contributed by atoms with Gasteiger partial charge in [0.25, 0.3) is 5.52 Å². The predicted octanol–water partition coefficient (Wildman–Crippen LogP) is 2.08. The minimum absolute atomic E-state index is 0.667. The Kier molecular flexibility index (Phi) is 1.46. The number of aromatic nitrogens is 2. The summed E-state index contributed by atoms with van der Waals surface area (Å²) >= 11 is 1.57. The Labute approximate surface area is 83.8 Å². The number of rotatable bonds is 0. The van der Waals surface area contributed by atoms with Gasteiger partial charge in [-0.3, -0.25) is 0 Å². The van der Waals surface area contributed by atoms with E-state index in [1.54, 1.807) is 23.6 Å². The summed E-state index contributed by atoms with van der Waals surface area (Å²) in [6.45, 7) is 0. The molecule has 0 aliphatic rings. The van der Waals surface area contributed by atoms with Crippen LogP contribution in [0.1, 0.15) is 0 Å². The lowest BCUT2D eigenvalue weighted by molar-refractivity contribution is -0.576. The quantitative estimate of drug-likeness (QED) is 0.413. The van der Waals surface area contributed by atoms with Gasteiger partial charge in [-0.2, -0.15) is 4.73 Å². The minimum atomic E-state index is 0.667. The lowest BCUT2D eigenvalue weighted by Crippen LogP contribution is -2.26. The molecule has 0 unspecified atom stereocenters. The molecule has 0 saturated heterocycles. The third-order valence-corrected chi connectivity index (χ3v) is 3.13. The lowest BCUT2D eigenvalue weighted by atomic mass is 10.3. The van der Waals surface area contributed by atoms with Gasteiger partial charge in [0, 0.05) is 17.6 Å². The highest BCUT2D eigenvalue weighted by Gasteiger charge is 2.10. The molecule has 0 aliphatic carbocycles. The standard InChI is InChI=1S/C10H6N2OS/c13-12-4-1-2-8-9(12)10-7(6-11-8)3-5-14-10/h1-6H. The maximum atomic E-state index is 11.6. The predicted molar refractivity (Wildman–Crippen MR) is 56.1 cm³/mol. The summed E-state index contributed by atoms with van der Waals surface area (Å²) in [6, 6.07) is 5.53. The van der Waals surface area contributed by atoms with Crippen molar-refractivity contribution in [3.05, 3.63) is 41.2 Å². The molecule has 0 aromatic carbocycles. The van der Waals surface area contributed by atoms with Gasteiger partial charge in [-0.15, -0.1) is 11.3 Å². The molecule has 0 atom stereocenters. The van der Waals surface area contributed by atoms with Gasteiger partial charge in [0.05, 0.1) is 0 Å². The van der Waals surface area contributed by atoms with E-state index in [4.69, 9.17) is 0 Å². The van der Waals surface area contributed by atoms with E-state index >= 15 is 0 Å². The van der Waals surface area contributed by atoms with Crippen molar-refractivity contribution in [1.82, 2.24) is 4.98 Å². The number of pyridine rings is 2. The molecule has 3 nitrogen and oxygen atoms in total. The summed E-state index contributed by atoms with van der Waals surface area (Å²) in [5.41, 5.74) is 1.41. The molecule has 14 heavy (non-hydrogen) atoms. The number of hydrogen-bond donors (Lipinski definition) is 0. The Hall–Kier alpha value is -1.68.